The molecule has 2 aromatic carbocycles. The first-order valence-corrected chi connectivity index (χ1v) is 10.9. The van der Waals surface area contributed by atoms with Crippen molar-refractivity contribution in [3.63, 3.8) is 0 Å². The molecule has 0 atom stereocenters. The molecule has 0 saturated carbocycles. The lowest BCUT2D eigenvalue weighted by molar-refractivity contribution is 0.297. The SMILES string of the molecule is Fc1cccc(CCNC(=NCCc2ccccn2)Nc2ccc3c(c2)OCCCO3)c1. The second-order valence-corrected chi connectivity index (χ2v) is 7.45. The average Bonchev–Trinajstić information content (AvgIpc) is 3.05. The minimum atomic E-state index is -0.225. The van der Waals surface area contributed by atoms with Crippen molar-refractivity contribution in [3.8, 4) is 11.5 Å². The maximum absolute atomic E-state index is 13.5. The van der Waals surface area contributed by atoms with Gasteiger partial charge in [-0.15, -0.1) is 0 Å². The molecule has 1 aliphatic heterocycles. The van der Waals surface area contributed by atoms with Crippen LogP contribution in [0.2, 0.25) is 0 Å². The highest BCUT2D eigenvalue weighted by atomic mass is 19.1. The molecule has 0 aliphatic carbocycles. The van der Waals surface area contributed by atoms with Crippen LogP contribution in [0.1, 0.15) is 17.7 Å². The molecule has 0 amide bonds. The Kier molecular flexibility index (Phi) is 7.52. The topological polar surface area (TPSA) is 67.8 Å². The zero-order chi connectivity index (χ0) is 22.0. The summed E-state index contributed by atoms with van der Waals surface area (Å²) in [4.78, 5) is 9.05. The number of fused-ring (bicyclic) bond motifs is 1. The van der Waals surface area contributed by atoms with Crippen molar-refractivity contribution in [1.82, 2.24) is 10.3 Å². The van der Waals surface area contributed by atoms with Gasteiger partial charge in [0.05, 0.1) is 13.2 Å². The van der Waals surface area contributed by atoms with Crippen molar-refractivity contribution >= 4 is 11.6 Å². The molecular weight excluding hydrogens is 407 g/mol. The van der Waals surface area contributed by atoms with Gasteiger partial charge in [-0.25, -0.2) is 4.39 Å². The monoisotopic (exact) mass is 434 g/mol. The van der Waals surface area contributed by atoms with Crippen LogP contribution in [0.5, 0.6) is 11.5 Å². The third kappa shape index (κ3) is 6.44. The molecule has 1 aromatic heterocycles. The summed E-state index contributed by atoms with van der Waals surface area (Å²) in [6.45, 7) is 2.48. The second-order valence-electron chi connectivity index (χ2n) is 7.45. The number of hydrogen-bond donors (Lipinski definition) is 2. The standard InChI is InChI=1S/C25H27FN4O2/c26-20-6-3-5-19(17-20)10-13-28-25(29-14-11-21-7-1-2-12-27-21)30-22-8-9-23-24(18-22)32-16-4-15-31-23/h1-3,5-9,12,17-18H,4,10-11,13-16H2,(H2,28,29,30). The lowest BCUT2D eigenvalue weighted by atomic mass is 10.1. The van der Waals surface area contributed by atoms with E-state index in [1.165, 1.54) is 6.07 Å². The van der Waals surface area contributed by atoms with E-state index in [9.17, 15) is 4.39 Å². The molecule has 4 rings (SSSR count). The highest BCUT2D eigenvalue weighted by Gasteiger charge is 2.11. The molecule has 0 unspecified atom stereocenters. The number of hydrogen-bond acceptors (Lipinski definition) is 4. The van der Waals surface area contributed by atoms with Gasteiger partial charge in [-0.1, -0.05) is 18.2 Å². The first-order chi connectivity index (χ1) is 15.8. The molecule has 6 nitrogen and oxygen atoms in total. The smallest absolute Gasteiger partial charge is 0.195 e. The van der Waals surface area contributed by atoms with Crippen LogP contribution in [0.3, 0.4) is 0 Å². The Morgan fingerprint density at radius 2 is 1.88 bits per heavy atom. The van der Waals surface area contributed by atoms with Gasteiger partial charge in [-0.3, -0.25) is 9.98 Å². The number of anilines is 1. The van der Waals surface area contributed by atoms with E-state index in [0.717, 1.165) is 41.3 Å². The van der Waals surface area contributed by atoms with Gasteiger partial charge >= 0.3 is 0 Å². The first kappa shape index (κ1) is 21.6. The zero-order valence-corrected chi connectivity index (χ0v) is 17.9. The van der Waals surface area contributed by atoms with Gasteiger partial charge in [0.1, 0.15) is 5.82 Å². The predicted molar refractivity (Wildman–Crippen MR) is 124 cm³/mol. The molecule has 0 saturated heterocycles. The number of halogens is 1. The van der Waals surface area contributed by atoms with Crippen LogP contribution >= 0.6 is 0 Å². The van der Waals surface area contributed by atoms with Crippen LogP contribution in [0.15, 0.2) is 71.9 Å². The van der Waals surface area contributed by atoms with E-state index in [1.54, 1.807) is 18.3 Å². The minimum Gasteiger partial charge on any atom is -0.490 e. The quantitative estimate of drug-likeness (QED) is 0.430. The van der Waals surface area contributed by atoms with E-state index in [-0.39, 0.29) is 5.82 Å². The number of nitrogens with one attached hydrogen (secondary N) is 2. The summed E-state index contributed by atoms with van der Waals surface area (Å²) < 4.78 is 25.0. The Balaban J connectivity index is 1.42. The fourth-order valence-corrected chi connectivity index (χ4v) is 3.36. The van der Waals surface area contributed by atoms with Gasteiger partial charge in [0.25, 0.3) is 0 Å². The van der Waals surface area contributed by atoms with Crippen molar-refractivity contribution in [2.75, 3.05) is 31.6 Å². The Hall–Kier alpha value is -3.61. The summed E-state index contributed by atoms with van der Waals surface area (Å²) in [5.74, 6) is 1.89. The average molecular weight is 435 g/mol. The van der Waals surface area contributed by atoms with Crippen molar-refractivity contribution in [3.05, 3.63) is 83.9 Å². The molecular formula is C25H27FN4O2. The molecule has 0 fully saturated rings. The maximum Gasteiger partial charge on any atom is 0.195 e. The number of aromatic nitrogens is 1. The van der Waals surface area contributed by atoms with E-state index in [4.69, 9.17) is 14.5 Å². The van der Waals surface area contributed by atoms with E-state index < -0.39 is 0 Å². The molecule has 0 radical (unpaired) electrons. The van der Waals surface area contributed by atoms with Crippen LogP contribution in [0.4, 0.5) is 10.1 Å². The van der Waals surface area contributed by atoms with Gasteiger partial charge in [0, 0.05) is 49.6 Å². The van der Waals surface area contributed by atoms with Crippen LogP contribution in [-0.4, -0.2) is 37.2 Å². The third-order valence-corrected chi connectivity index (χ3v) is 4.97. The number of aliphatic imine (C=N–C) groups is 1. The molecule has 32 heavy (non-hydrogen) atoms. The fourth-order valence-electron chi connectivity index (χ4n) is 3.36. The van der Waals surface area contributed by atoms with Crippen LogP contribution in [0.25, 0.3) is 0 Å². The number of benzene rings is 2. The minimum absolute atomic E-state index is 0.225. The summed E-state index contributed by atoms with van der Waals surface area (Å²) in [5, 5.41) is 6.68. The van der Waals surface area contributed by atoms with E-state index in [0.29, 0.717) is 38.7 Å². The Labute approximate surface area is 187 Å². The molecule has 3 aromatic rings. The molecule has 1 aliphatic rings. The van der Waals surface area contributed by atoms with Crippen molar-refractivity contribution in [1.29, 1.82) is 0 Å². The van der Waals surface area contributed by atoms with Crippen molar-refractivity contribution in [2.24, 2.45) is 4.99 Å². The molecule has 0 bridgehead atoms. The largest absolute Gasteiger partial charge is 0.490 e. The number of rotatable bonds is 7. The molecule has 7 heteroatoms. The normalized spacial score (nSPS) is 13.3. The summed E-state index contributed by atoms with van der Waals surface area (Å²) in [6, 6.07) is 18.3. The lowest BCUT2D eigenvalue weighted by Gasteiger charge is -2.15. The summed E-state index contributed by atoms with van der Waals surface area (Å²) in [5.41, 5.74) is 2.77. The Bertz CT molecular complexity index is 1040. The van der Waals surface area contributed by atoms with Crippen molar-refractivity contribution in [2.45, 2.75) is 19.3 Å². The van der Waals surface area contributed by atoms with Gasteiger partial charge in [-0.2, -0.15) is 0 Å². The first-order valence-electron chi connectivity index (χ1n) is 10.9. The van der Waals surface area contributed by atoms with Crippen molar-refractivity contribution < 1.29 is 13.9 Å². The lowest BCUT2D eigenvalue weighted by Crippen LogP contribution is -2.32. The molecule has 166 valence electrons. The second kappa shape index (κ2) is 11.1. The molecule has 2 heterocycles. The maximum atomic E-state index is 13.5. The van der Waals surface area contributed by atoms with E-state index >= 15 is 0 Å². The molecule has 2 N–H and O–H groups in total. The van der Waals surface area contributed by atoms with Crippen LogP contribution < -0.4 is 20.1 Å². The van der Waals surface area contributed by atoms with Gasteiger partial charge < -0.3 is 20.1 Å². The predicted octanol–water partition coefficient (Wildman–Crippen LogP) is 4.22. The Morgan fingerprint density at radius 1 is 0.969 bits per heavy atom. The number of nitrogens with zero attached hydrogens (tertiary/aromatic N) is 2. The van der Waals surface area contributed by atoms with Gasteiger partial charge in [0.15, 0.2) is 17.5 Å². The third-order valence-electron chi connectivity index (χ3n) is 4.97. The van der Waals surface area contributed by atoms with E-state index in [1.807, 2.05) is 42.5 Å². The number of ether oxygens (including phenoxy) is 2. The molecule has 0 spiro atoms. The van der Waals surface area contributed by atoms with Crippen LogP contribution in [0, 0.1) is 5.82 Å². The summed E-state index contributed by atoms with van der Waals surface area (Å²) in [6.07, 6.45) is 4.06. The summed E-state index contributed by atoms with van der Waals surface area (Å²) in [7, 11) is 0. The highest BCUT2D eigenvalue weighted by Crippen LogP contribution is 2.32. The van der Waals surface area contributed by atoms with Crippen LogP contribution in [-0.2, 0) is 12.8 Å². The highest BCUT2D eigenvalue weighted by molar-refractivity contribution is 5.94. The fraction of sp³-hybridized carbons (Fsp3) is 0.280. The zero-order valence-electron chi connectivity index (χ0n) is 17.9. The van der Waals surface area contributed by atoms with Gasteiger partial charge in [0.2, 0.25) is 0 Å². The van der Waals surface area contributed by atoms with Gasteiger partial charge in [-0.05, 0) is 48.4 Å². The number of guanidine groups is 1. The Morgan fingerprint density at radius 3 is 2.72 bits per heavy atom. The number of pyridine rings is 1. The van der Waals surface area contributed by atoms with E-state index in [2.05, 4.69) is 15.6 Å². The summed E-state index contributed by atoms with van der Waals surface area (Å²) >= 11 is 0.